The van der Waals surface area contributed by atoms with Gasteiger partial charge in [-0.15, -0.1) is 0 Å². The van der Waals surface area contributed by atoms with Crippen LogP contribution in [0.5, 0.6) is 5.75 Å². The van der Waals surface area contributed by atoms with Crippen molar-refractivity contribution in [1.29, 1.82) is 0 Å². The standard InChI is InChI=1S/C14H18O3S/c1-3-7-14(8-4-2)17-11-6-5-10(13(15)16)9-12(11)18-14/h5-6,9H,3-4,7-8H2,1-2H3,(H,15,16). The fourth-order valence-corrected chi connectivity index (χ4v) is 3.86. The molecule has 0 aromatic heterocycles. The first-order valence-corrected chi connectivity index (χ1v) is 7.17. The highest BCUT2D eigenvalue weighted by Gasteiger charge is 2.39. The molecule has 0 unspecified atom stereocenters. The van der Waals surface area contributed by atoms with Gasteiger partial charge in [-0.3, -0.25) is 0 Å². The number of fused-ring (bicyclic) bond motifs is 1. The van der Waals surface area contributed by atoms with Gasteiger partial charge in [0.05, 0.1) is 10.5 Å². The molecule has 1 aromatic rings. The Hall–Kier alpha value is -1.16. The van der Waals surface area contributed by atoms with E-state index in [-0.39, 0.29) is 4.93 Å². The molecular formula is C14H18O3S. The van der Waals surface area contributed by atoms with Gasteiger partial charge < -0.3 is 9.84 Å². The predicted octanol–water partition coefficient (Wildman–Crippen LogP) is 4.17. The van der Waals surface area contributed by atoms with Crippen molar-refractivity contribution < 1.29 is 14.6 Å². The van der Waals surface area contributed by atoms with Crippen molar-refractivity contribution in [1.82, 2.24) is 0 Å². The molecule has 0 saturated carbocycles. The molecule has 0 spiro atoms. The second-order valence-electron chi connectivity index (χ2n) is 4.58. The molecular weight excluding hydrogens is 248 g/mol. The zero-order valence-electron chi connectivity index (χ0n) is 10.7. The van der Waals surface area contributed by atoms with Crippen LogP contribution in [0.25, 0.3) is 0 Å². The average molecular weight is 266 g/mol. The van der Waals surface area contributed by atoms with E-state index < -0.39 is 5.97 Å². The quantitative estimate of drug-likeness (QED) is 0.869. The number of carboxylic acid groups (broad SMARTS) is 1. The van der Waals surface area contributed by atoms with Crippen LogP contribution in [0.3, 0.4) is 0 Å². The van der Waals surface area contributed by atoms with Crippen molar-refractivity contribution in [3.8, 4) is 5.75 Å². The van der Waals surface area contributed by atoms with Gasteiger partial charge in [0.15, 0.2) is 4.93 Å². The third kappa shape index (κ3) is 2.48. The Morgan fingerprint density at radius 2 is 2.00 bits per heavy atom. The summed E-state index contributed by atoms with van der Waals surface area (Å²) in [4.78, 5) is 11.7. The molecule has 1 aliphatic heterocycles. The van der Waals surface area contributed by atoms with Crippen LogP contribution in [0.1, 0.15) is 49.9 Å². The molecule has 4 heteroatoms. The average Bonchev–Trinajstić information content (AvgIpc) is 2.66. The lowest BCUT2D eigenvalue weighted by molar-refractivity contribution is 0.0696. The highest BCUT2D eigenvalue weighted by molar-refractivity contribution is 8.00. The third-order valence-corrected chi connectivity index (χ3v) is 4.45. The SMILES string of the molecule is CCCC1(CCC)Oc2ccc(C(=O)O)cc2S1. The minimum absolute atomic E-state index is 0.192. The molecule has 3 nitrogen and oxygen atoms in total. The van der Waals surface area contributed by atoms with Crippen molar-refractivity contribution in [3.05, 3.63) is 23.8 Å². The van der Waals surface area contributed by atoms with Gasteiger partial charge in [-0.05, 0) is 31.0 Å². The molecule has 0 aliphatic carbocycles. The Bertz CT molecular complexity index is 450. The molecule has 0 bridgehead atoms. The van der Waals surface area contributed by atoms with Gasteiger partial charge in [0, 0.05) is 0 Å². The first-order valence-electron chi connectivity index (χ1n) is 6.35. The lowest BCUT2D eigenvalue weighted by Gasteiger charge is -2.26. The maximum atomic E-state index is 11.0. The predicted molar refractivity (Wildman–Crippen MR) is 72.4 cm³/mol. The summed E-state index contributed by atoms with van der Waals surface area (Å²) < 4.78 is 6.08. The second-order valence-corrected chi connectivity index (χ2v) is 5.97. The van der Waals surface area contributed by atoms with E-state index in [9.17, 15) is 4.79 Å². The zero-order chi connectivity index (χ0) is 13.2. The van der Waals surface area contributed by atoms with Gasteiger partial charge in [-0.25, -0.2) is 4.79 Å². The van der Waals surface area contributed by atoms with Gasteiger partial charge >= 0.3 is 5.97 Å². The van der Waals surface area contributed by atoms with Crippen molar-refractivity contribution in [2.75, 3.05) is 0 Å². The maximum Gasteiger partial charge on any atom is 0.335 e. The summed E-state index contributed by atoms with van der Waals surface area (Å²) in [6.07, 6.45) is 4.10. The van der Waals surface area contributed by atoms with Crippen LogP contribution >= 0.6 is 11.8 Å². The van der Waals surface area contributed by atoms with Crippen LogP contribution in [-0.4, -0.2) is 16.0 Å². The number of hydrogen-bond acceptors (Lipinski definition) is 3. The van der Waals surface area contributed by atoms with E-state index in [0.717, 1.165) is 36.3 Å². The number of benzene rings is 1. The molecule has 1 heterocycles. The lowest BCUT2D eigenvalue weighted by atomic mass is 10.1. The Labute approximate surface area is 112 Å². The Morgan fingerprint density at radius 3 is 2.56 bits per heavy atom. The summed E-state index contributed by atoms with van der Waals surface area (Å²) in [7, 11) is 0. The smallest absolute Gasteiger partial charge is 0.335 e. The number of thioether (sulfide) groups is 1. The molecule has 0 radical (unpaired) electrons. The molecule has 1 N–H and O–H groups in total. The van der Waals surface area contributed by atoms with Gasteiger partial charge in [0.25, 0.3) is 0 Å². The number of carbonyl (C=O) groups is 1. The number of rotatable bonds is 5. The number of hydrogen-bond donors (Lipinski definition) is 1. The molecule has 1 aliphatic rings. The first kappa shape index (κ1) is 13.3. The summed E-state index contributed by atoms with van der Waals surface area (Å²) in [5, 5.41) is 9.00. The van der Waals surface area contributed by atoms with E-state index in [0.29, 0.717) is 5.56 Å². The lowest BCUT2D eigenvalue weighted by Crippen LogP contribution is -2.28. The van der Waals surface area contributed by atoms with Crippen LogP contribution in [0.4, 0.5) is 0 Å². The highest BCUT2D eigenvalue weighted by Crippen LogP contribution is 2.51. The first-order chi connectivity index (χ1) is 8.60. The fraction of sp³-hybridized carbons (Fsp3) is 0.500. The molecule has 18 heavy (non-hydrogen) atoms. The van der Waals surface area contributed by atoms with E-state index in [4.69, 9.17) is 9.84 Å². The topological polar surface area (TPSA) is 46.5 Å². The largest absolute Gasteiger partial charge is 0.478 e. The summed E-state index contributed by atoms with van der Waals surface area (Å²) >= 11 is 1.68. The van der Waals surface area contributed by atoms with Crippen molar-refractivity contribution in [2.24, 2.45) is 0 Å². The van der Waals surface area contributed by atoms with E-state index in [1.807, 2.05) is 0 Å². The van der Waals surface area contributed by atoms with Gasteiger partial charge in [-0.1, -0.05) is 38.5 Å². The molecule has 1 aromatic carbocycles. The van der Waals surface area contributed by atoms with Crippen LogP contribution < -0.4 is 4.74 Å². The summed E-state index contributed by atoms with van der Waals surface area (Å²) in [6, 6.07) is 5.10. The van der Waals surface area contributed by atoms with Crippen LogP contribution in [-0.2, 0) is 0 Å². The monoisotopic (exact) mass is 266 g/mol. The maximum absolute atomic E-state index is 11.0. The van der Waals surface area contributed by atoms with Crippen molar-refractivity contribution in [2.45, 2.75) is 49.4 Å². The van der Waals surface area contributed by atoms with E-state index in [1.165, 1.54) is 0 Å². The van der Waals surface area contributed by atoms with Crippen LogP contribution in [0.15, 0.2) is 23.1 Å². The molecule has 0 amide bonds. The normalized spacial score (nSPS) is 16.1. The van der Waals surface area contributed by atoms with Gasteiger partial charge in [0.2, 0.25) is 0 Å². The minimum Gasteiger partial charge on any atom is -0.478 e. The molecule has 2 rings (SSSR count). The van der Waals surface area contributed by atoms with E-state index in [2.05, 4.69) is 13.8 Å². The van der Waals surface area contributed by atoms with Crippen LogP contribution in [0.2, 0.25) is 0 Å². The Balaban J connectivity index is 2.27. The molecule has 0 saturated heterocycles. The van der Waals surface area contributed by atoms with E-state index in [1.54, 1.807) is 30.0 Å². The third-order valence-electron chi connectivity index (χ3n) is 3.04. The zero-order valence-corrected chi connectivity index (χ0v) is 11.5. The summed E-state index contributed by atoms with van der Waals surface area (Å²) in [6.45, 7) is 4.29. The summed E-state index contributed by atoms with van der Waals surface area (Å²) in [5.74, 6) is -0.0613. The number of aromatic carboxylic acids is 1. The molecule has 98 valence electrons. The fourth-order valence-electron chi connectivity index (χ4n) is 2.32. The van der Waals surface area contributed by atoms with Crippen molar-refractivity contribution in [3.63, 3.8) is 0 Å². The molecule has 0 atom stereocenters. The second kappa shape index (κ2) is 5.22. The van der Waals surface area contributed by atoms with Gasteiger partial charge in [-0.2, -0.15) is 0 Å². The highest BCUT2D eigenvalue weighted by atomic mass is 32.2. The Morgan fingerprint density at radius 1 is 1.33 bits per heavy atom. The molecule has 0 fully saturated rings. The van der Waals surface area contributed by atoms with E-state index >= 15 is 0 Å². The van der Waals surface area contributed by atoms with Crippen LogP contribution in [0, 0.1) is 0 Å². The number of ether oxygens (including phenoxy) is 1. The Kier molecular flexibility index (Phi) is 3.85. The van der Waals surface area contributed by atoms with Gasteiger partial charge in [0.1, 0.15) is 5.75 Å². The summed E-state index contributed by atoms with van der Waals surface area (Å²) in [5.41, 5.74) is 0.327. The number of carboxylic acids is 1. The minimum atomic E-state index is -0.887. The van der Waals surface area contributed by atoms with Crippen molar-refractivity contribution >= 4 is 17.7 Å².